The minimum absolute atomic E-state index is 0.147. The van der Waals surface area contributed by atoms with Crippen LogP contribution < -0.4 is 0 Å². The molecule has 0 bridgehead atoms. The average molecular weight is 341 g/mol. The number of rotatable bonds is 6. The zero-order valence-electron chi connectivity index (χ0n) is 14.3. The summed E-state index contributed by atoms with van der Waals surface area (Å²) in [6.07, 6.45) is 5.89. The maximum absolute atomic E-state index is 12.8. The van der Waals surface area contributed by atoms with Crippen molar-refractivity contribution in [2.45, 2.75) is 68.8 Å². The van der Waals surface area contributed by atoms with Gasteiger partial charge < -0.3 is 4.57 Å². The number of fused-ring (bicyclic) bond motifs is 1. The predicted molar refractivity (Wildman–Crippen MR) is 95.8 cm³/mol. The van der Waals surface area contributed by atoms with Gasteiger partial charge in [0.1, 0.15) is 5.82 Å². The highest BCUT2D eigenvalue weighted by atomic mass is 32.2. The molecule has 2 aliphatic carbocycles. The number of hydrogen-bond acceptors (Lipinski definition) is 4. The van der Waals surface area contributed by atoms with Gasteiger partial charge in [-0.25, -0.2) is 0 Å². The van der Waals surface area contributed by atoms with Crippen molar-refractivity contribution in [3.63, 3.8) is 0 Å². The van der Waals surface area contributed by atoms with Gasteiger partial charge in [0.2, 0.25) is 0 Å². The number of ketones is 1. The van der Waals surface area contributed by atoms with E-state index in [1.807, 2.05) is 13.0 Å². The number of thioether (sulfide) groups is 1. The van der Waals surface area contributed by atoms with Gasteiger partial charge in [-0.2, -0.15) is 0 Å². The van der Waals surface area contributed by atoms with Crippen molar-refractivity contribution in [2.75, 3.05) is 0 Å². The predicted octanol–water partition coefficient (Wildman–Crippen LogP) is 4.03. The number of nitrogens with zero attached hydrogens (tertiary/aromatic N) is 3. The molecule has 0 spiro atoms. The van der Waals surface area contributed by atoms with Crippen LogP contribution in [0.1, 0.15) is 66.3 Å². The Hall–Kier alpha value is -1.62. The van der Waals surface area contributed by atoms with Crippen molar-refractivity contribution in [3.8, 4) is 0 Å². The third kappa shape index (κ3) is 2.90. The number of hydrogen-bond donors (Lipinski definition) is 0. The van der Waals surface area contributed by atoms with E-state index >= 15 is 0 Å². The topological polar surface area (TPSA) is 47.8 Å². The molecule has 1 heterocycles. The average Bonchev–Trinajstić information content (AvgIpc) is 3.19. The van der Waals surface area contributed by atoms with E-state index in [4.69, 9.17) is 0 Å². The Labute approximate surface area is 147 Å². The number of aryl methyl sites for hydroxylation is 2. The first kappa shape index (κ1) is 15.9. The van der Waals surface area contributed by atoms with Crippen molar-refractivity contribution in [1.82, 2.24) is 14.8 Å². The van der Waals surface area contributed by atoms with Crippen LogP contribution in [0.15, 0.2) is 23.4 Å². The summed E-state index contributed by atoms with van der Waals surface area (Å²) in [7, 11) is 0. The molecule has 1 saturated carbocycles. The van der Waals surface area contributed by atoms with Gasteiger partial charge in [0.05, 0.1) is 5.25 Å². The third-order valence-corrected chi connectivity index (χ3v) is 6.12. The van der Waals surface area contributed by atoms with Crippen LogP contribution in [0.4, 0.5) is 0 Å². The molecule has 0 saturated heterocycles. The van der Waals surface area contributed by atoms with Gasteiger partial charge in [-0.3, -0.25) is 4.79 Å². The fourth-order valence-corrected chi connectivity index (χ4v) is 4.50. The molecule has 5 heteroatoms. The summed E-state index contributed by atoms with van der Waals surface area (Å²) in [4.78, 5) is 12.8. The van der Waals surface area contributed by atoms with Crippen molar-refractivity contribution in [1.29, 1.82) is 0 Å². The van der Waals surface area contributed by atoms with Crippen LogP contribution in [0.3, 0.4) is 0 Å². The number of carbonyl (C=O) groups excluding carboxylic acids is 1. The third-order valence-electron chi connectivity index (χ3n) is 5.04. The normalized spacial score (nSPS) is 17.8. The van der Waals surface area contributed by atoms with Crippen molar-refractivity contribution in [3.05, 3.63) is 40.7 Å². The lowest BCUT2D eigenvalue weighted by atomic mass is 10.0. The van der Waals surface area contributed by atoms with E-state index in [-0.39, 0.29) is 11.0 Å². The van der Waals surface area contributed by atoms with Crippen molar-refractivity contribution < 1.29 is 4.79 Å². The zero-order valence-corrected chi connectivity index (χ0v) is 15.1. The summed E-state index contributed by atoms with van der Waals surface area (Å²) in [5.74, 6) is 1.86. The molecule has 0 unspecified atom stereocenters. The Kier molecular flexibility index (Phi) is 4.21. The molecule has 0 amide bonds. The number of carbonyl (C=O) groups is 1. The van der Waals surface area contributed by atoms with E-state index in [0.29, 0.717) is 5.92 Å². The maximum atomic E-state index is 12.8. The van der Waals surface area contributed by atoms with Crippen LogP contribution >= 0.6 is 11.8 Å². The second kappa shape index (κ2) is 6.36. The Morgan fingerprint density at radius 1 is 1.29 bits per heavy atom. The van der Waals surface area contributed by atoms with Crippen molar-refractivity contribution >= 4 is 17.5 Å². The van der Waals surface area contributed by atoms with Gasteiger partial charge in [-0.05, 0) is 63.1 Å². The van der Waals surface area contributed by atoms with Gasteiger partial charge in [0, 0.05) is 18.0 Å². The molecule has 0 aliphatic heterocycles. The molecule has 126 valence electrons. The van der Waals surface area contributed by atoms with Crippen LogP contribution in [-0.4, -0.2) is 25.8 Å². The molecule has 2 aliphatic rings. The van der Waals surface area contributed by atoms with Gasteiger partial charge in [0.25, 0.3) is 0 Å². The molecule has 4 rings (SSSR count). The summed E-state index contributed by atoms with van der Waals surface area (Å²) in [5.41, 5.74) is 3.60. The Morgan fingerprint density at radius 2 is 2.08 bits per heavy atom. The smallest absolute Gasteiger partial charge is 0.191 e. The second-order valence-corrected chi connectivity index (χ2v) is 8.13. The summed E-state index contributed by atoms with van der Waals surface area (Å²) in [5, 5.41) is 9.44. The first-order valence-corrected chi connectivity index (χ1v) is 9.81. The van der Waals surface area contributed by atoms with E-state index in [1.54, 1.807) is 0 Å². The fourth-order valence-electron chi connectivity index (χ4n) is 3.50. The number of Topliss-reactive ketones (excluding diaryl/α,β-unsaturated/α-hetero) is 1. The molecule has 1 aromatic heterocycles. The molecular weight excluding hydrogens is 318 g/mol. The van der Waals surface area contributed by atoms with Crippen LogP contribution in [0.25, 0.3) is 0 Å². The summed E-state index contributed by atoms with van der Waals surface area (Å²) in [6, 6.07) is 6.22. The highest BCUT2D eigenvalue weighted by molar-refractivity contribution is 8.00. The van der Waals surface area contributed by atoms with E-state index < -0.39 is 0 Å². The van der Waals surface area contributed by atoms with Crippen LogP contribution in [0, 0.1) is 0 Å². The van der Waals surface area contributed by atoms with Crippen molar-refractivity contribution in [2.24, 2.45) is 0 Å². The van der Waals surface area contributed by atoms with Crippen LogP contribution in [0.2, 0.25) is 0 Å². The van der Waals surface area contributed by atoms with Gasteiger partial charge in [-0.1, -0.05) is 23.9 Å². The minimum atomic E-state index is -0.147. The SMILES string of the molecule is CCn1c(S[C@H](C)C(=O)c2ccc3c(c2)CCC3)nnc1C1CC1. The summed E-state index contributed by atoms with van der Waals surface area (Å²) >= 11 is 1.54. The van der Waals surface area contributed by atoms with Crippen LogP contribution in [0.5, 0.6) is 0 Å². The molecule has 24 heavy (non-hydrogen) atoms. The monoisotopic (exact) mass is 341 g/mol. The van der Waals surface area contributed by atoms with E-state index in [2.05, 4.69) is 33.8 Å². The Balaban J connectivity index is 1.51. The first-order chi connectivity index (χ1) is 11.7. The van der Waals surface area contributed by atoms with E-state index in [1.165, 1.54) is 42.2 Å². The number of aromatic nitrogens is 3. The number of benzene rings is 1. The lowest BCUT2D eigenvalue weighted by molar-refractivity contribution is 0.0993. The van der Waals surface area contributed by atoms with E-state index in [9.17, 15) is 4.79 Å². The van der Waals surface area contributed by atoms with Gasteiger partial charge in [-0.15, -0.1) is 10.2 Å². The van der Waals surface area contributed by atoms with Crippen LogP contribution in [-0.2, 0) is 19.4 Å². The molecule has 1 aromatic carbocycles. The fraction of sp³-hybridized carbons (Fsp3) is 0.526. The zero-order chi connectivity index (χ0) is 16.7. The summed E-state index contributed by atoms with van der Waals surface area (Å²) in [6.45, 7) is 4.96. The largest absolute Gasteiger partial charge is 0.306 e. The van der Waals surface area contributed by atoms with Gasteiger partial charge in [0.15, 0.2) is 10.9 Å². The lowest BCUT2D eigenvalue weighted by Crippen LogP contribution is -2.15. The molecule has 4 nitrogen and oxygen atoms in total. The second-order valence-electron chi connectivity index (χ2n) is 6.82. The molecule has 0 N–H and O–H groups in total. The van der Waals surface area contributed by atoms with Gasteiger partial charge >= 0.3 is 0 Å². The highest BCUT2D eigenvalue weighted by Crippen LogP contribution is 2.40. The lowest BCUT2D eigenvalue weighted by Gasteiger charge is -2.12. The molecule has 0 radical (unpaired) electrons. The standard InChI is InChI=1S/C19H23N3OS/c1-3-22-18(14-8-9-14)20-21-19(22)24-12(2)17(23)16-10-7-13-5-4-6-15(13)11-16/h7,10-12,14H,3-6,8-9H2,1-2H3/t12-/m1/s1. The maximum Gasteiger partial charge on any atom is 0.191 e. The quantitative estimate of drug-likeness (QED) is 0.588. The molecule has 1 atom stereocenters. The molecule has 2 aromatic rings. The minimum Gasteiger partial charge on any atom is -0.306 e. The molecular formula is C19H23N3OS. The highest BCUT2D eigenvalue weighted by Gasteiger charge is 2.31. The Bertz CT molecular complexity index is 779. The van der Waals surface area contributed by atoms with E-state index in [0.717, 1.165) is 35.9 Å². The Morgan fingerprint density at radius 3 is 2.83 bits per heavy atom. The first-order valence-electron chi connectivity index (χ1n) is 8.93. The summed E-state index contributed by atoms with van der Waals surface area (Å²) < 4.78 is 2.18. The molecule has 1 fully saturated rings.